The maximum Gasteiger partial charge on any atom is 0.262 e. The lowest BCUT2D eigenvalue weighted by atomic mass is 9.95. The number of nitrogens with zero attached hydrogens (tertiary/aromatic N) is 3. The van der Waals surface area contributed by atoms with E-state index in [-0.39, 0.29) is 29.8 Å². The van der Waals surface area contributed by atoms with Gasteiger partial charge in [-0.15, -0.1) is 11.3 Å². The monoisotopic (exact) mass is 436 g/mol. The highest BCUT2D eigenvalue weighted by atomic mass is 32.1. The van der Waals surface area contributed by atoms with Crippen molar-refractivity contribution in [3.8, 4) is 0 Å². The van der Waals surface area contributed by atoms with Gasteiger partial charge in [-0.3, -0.25) is 19.0 Å². The molecule has 8 heteroatoms. The Bertz CT molecular complexity index is 1190. The van der Waals surface area contributed by atoms with Crippen molar-refractivity contribution in [3.63, 3.8) is 0 Å². The van der Waals surface area contributed by atoms with Gasteiger partial charge in [0.2, 0.25) is 11.8 Å². The smallest absolute Gasteiger partial charge is 0.262 e. The third kappa shape index (κ3) is 3.87. The predicted molar refractivity (Wildman–Crippen MR) is 120 cm³/mol. The highest BCUT2D eigenvalue weighted by Gasteiger charge is 2.28. The number of benzene rings is 1. The fraction of sp³-hybridized carbons (Fsp3) is 0.391. The molecule has 160 valence electrons. The van der Waals surface area contributed by atoms with Crippen LogP contribution in [0.2, 0.25) is 0 Å². The Morgan fingerprint density at radius 1 is 1.13 bits per heavy atom. The molecule has 7 nitrogen and oxygen atoms in total. The van der Waals surface area contributed by atoms with E-state index in [9.17, 15) is 14.4 Å². The fourth-order valence-electron chi connectivity index (χ4n) is 4.53. The average molecular weight is 437 g/mol. The number of para-hydroxylation sites is 1. The Hall–Kier alpha value is -3.00. The Kier molecular flexibility index (Phi) is 5.31. The molecule has 1 aliphatic heterocycles. The summed E-state index contributed by atoms with van der Waals surface area (Å²) in [6.45, 7) is 1.03. The number of hydrogen-bond donors (Lipinski definition) is 1. The lowest BCUT2D eigenvalue weighted by Crippen LogP contribution is -2.43. The Labute approximate surface area is 183 Å². The molecule has 1 N–H and O–H groups in total. The number of likely N-dealkylation sites (tertiary alicyclic amines) is 1. The minimum Gasteiger partial charge on any atom is -0.341 e. The van der Waals surface area contributed by atoms with E-state index < -0.39 is 0 Å². The lowest BCUT2D eigenvalue weighted by Gasteiger charge is -2.31. The summed E-state index contributed by atoms with van der Waals surface area (Å²) in [5.74, 6) is -0.217. The zero-order chi connectivity index (χ0) is 21.4. The normalized spacial score (nSPS) is 16.5. The number of thiophene rings is 1. The van der Waals surface area contributed by atoms with E-state index in [0.29, 0.717) is 31.3 Å². The third-order valence-corrected chi connectivity index (χ3v) is 7.46. The molecule has 0 unspecified atom stereocenters. The maximum absolute atomic E-state index is 13.0. The van der Waals surface area contributed by atoms with Gasteiger partial charge in [-0.2, -0.15) is 0 Å². The Morgan fingerprint density at radius 2 is 1.90 bits per heavy atom. The number of carbonyl (C=O) groups is 2. The number of piperidine rings is 1. The van der Waals surface area contributed by atoms with E-state index >= 15 is 0 Å². The van der Waals surface area contributed by atoms with Crippen molar-refractivity contribution < 1.29 is 9.59 Å². The number of hydrogen-bond acceptors (Lipinski definition) is 5. The van der Waals surface area contributed by atoms with Gasteiger partial charge in [-0.05, 0) is 49.8 Å². The van der Waals surface area contributed by atoms with E-state index in [1.54, 1.807) is 16.2 Å². The maximum atomic E-state index is 13.0. The van der Waals surface area contributed by atoms with E-state index in [1.165, 1.54) is 15.8 Å². The van der Waals surface area contributed by atoms with Crippen LogP contribution in [0.5, 0.6) is 0 Å². The van der Waals surface area contributed by atoms with Crippen LogP contribution >= 0.6 is 11.3 Å². The molecule has 1 aliphatic carbocycles. The summed E-state index contributed by atoms with van der Waals surface area (Å²) in [5.41, 5.74) is 1.80. The summed E-state index contributed by atoms with van der Waals surface area (Å²) in [6.07, 6.45) is 5.75. The van der Waals surface area contributed by atoms with Gasteiger partial charge < -0.3 is 10.2 Å². The van der Waals surface area contributed by atoms with Crippen LogP contribution in [0.3, 0.4) is 0 Å². The van der Waals surface area contributed by atoms with Gasteiger partial charge in [0.15, 0.2) is 0 Å². The standard InChI is InChI=1S/C23H24N4O3S/c28-19(13-27-14-24-22-20(23(27)30)17-7-4-8-18(17)31-22)26-11-9-15(10-12-26)21(29)25-16-5-2-1-3-6-16/h1-3,5-6,14-15H,4,7-13H2,(H,25,29). The van der Waals surface area contributed by atoms with Gasteiger partial charge in [0.05, 0.1) is 11.7 Å². The minimum atomic E-state index is -0.116. The van der Waals surface area contributed by atoms with Crippen LogP contribution in [0.15, 0.2) is 41.5 Å². The summed E-state index contributed by atoms with van der Waals surface area (Å²) >= 11 is 1.60. The van der Waals surface area contributed by atoms with Crippen molar-refractivity contribution in [2.45, 2.75) is 38.6 Å². The summed E-state index contributed by atoms with van der Waals surface area (Å²) in [4.78, 5) is 46.6. The minimum absolute atomic E-state index is 0.00418. The molecule has 3 heterocycles. The van der Waals surface area contributed by atoms with E-state index in [1.807, 2.05) is 30.3 Å². The van der Waals surface area contributed by atoms with Gasteiger partial charge in [-0.1, -0.05) is 18.2 Å². The quantitative estimate of drug-likeness (QED) is 0.682. The van der Waals surface area contributed by atoms with Crippen molar-refractivity contribution in [1.82, 2.24) is 14.5 Å². The molecule has 0 spiro atoms. The molecule has 1 saturated heterocycles. The highest BCUT2D eigenvalue weighted by Crippen LogP contribution is 2.34. The fourth-order valence-corrected chi connectivity index (χ4v) is 5.75. The second-order valence-corrected chi connectivity index (χ2v) is 9.31. The number of fused-ring (bicyclic) bond motifs is 3. The average Bonchev–Trinajstić information content (AvgIpc) is 3.38. The molecular weight excluding hydrogens is 412 g/mol. The molecular formula is C23H24N4O3S. The van der Waals surface area contributed by atoms with Crippen LogP contribution in [0.4, 0.5) is 5.69 Å². The first kappa shape index (κ1) is 19.9. The van der Waals surface area contributed by atoms with Crippen molar-refractivity contribution in [3.05, 3.63) is 57.5 Å². The second kappa shape index (κ2) is 8.26. The summed E-state index contributed by atoms with van der Waals surface area (Å²) in [5, 5.41) is 3.64. The first-order valence-electron chi connectivity index (χ1n) is 10.7. The SMILES string of the molecule is O=C(Nc1ccccc1)C1CCN(C(=O)Cn2cnc3sc4c(c3c2=O)CCC4)CC1. The Balaban J connectivity index is 1.22. The largest absolute Gasteiger partial charge is 0.341 e. The van der Waals surface area contributed by atoms with Crippen molar-refractivity contribution in [2.75, 3.05) is 18.4 Å². The zero-order valence-electron chi connectivity index (χ0n) is 17.2. The predicted octanol–water partition coefficient (Wildman–Crippen LogP) is 2.82. The second-order valence-electron chi connectivity index (χ2n) is 8.23. The zero-order valence-corrected chi connectivity index (χ0v) is 18.0. The van der Waals surface area contributed by atoms with Crippen molar-refractivity contribution >= 4 is 39.1 Å². The van der Waals surface area contributed by atoms with Gasteiger partial charge in [0.1, 0.15) is 11.4 Å². The molecule has 2 aromatic heterocycles. The molecule has 0 bridgehead atoms. The van der Waals surface area contributed by atoms with Crippen molar-refractivity contribution in [1.29, 1.82) is 0 Å². The van der Waals surface area contributed by atoms with Gasteiger partial charge in [0, 0.05) is 29.6 Å². The summed E-state index contributed by atoms with van der Waals surface area (Å²) < 4.78 is 1.43. The highest BCUT2D eigenvalue weighted by molar-refractivity contribution is 7.18. The lowest BCUT2D eigenvalue weighted by molar-refractivity contribution is -0.135. The molecule has 0 saturated carbocycles. The Morgan fingerprint density at radius 3 is 2.68 bits per heavy atom. The van der Waals surface area contributed by atoms with Crippen LogP contribution in [-0.4, -0.2) is 39.4 Å². The van der Waals surface area contributed by atoms with Gasteiger partial charge >= 0.3 is 0 Å². The number of aryl methyl sites for hydroxylation is 2. The summed E-state index contributed by atoms with van der Waals surface area (Å²) in [7, 11) is 0. The molecule has 31 heavy (non-hydrogen) atoms. The van der Waals surface area contributed by atoms with E-state index in [4.69, 9.17) is 0 Å². The number of rotatable bonds is 4. The molecule has 0 radical (unpaired) electrons. The topological polar surface area (TPSA) is 84.3 Å². The van der Waals surface area contributed by atoms with Crippen molar-refractivity contribution in [2.24, 2.45) is 5.92 Å². The van der Waals surface area contributed by atoms with Gasteiger partial charge in [0.25, 0.3) is 5.56 Å². The molecule has 3 aromatic rings. The molecule has 5 rings (SSSR count). The van der Waals surface area contributed by atoms with Gasteiger partial charge in [-0.25, -0.2) is 4.98 Å². The third-order valence-electron chi connectivity index (χ3n) is 6.26. The first-order chi connectivity index (χ1) is 15.1. The number of anilines is 1. The van der Waals surface area contributed by atoms with Crippen LogP contribution in [0, 0.1) is 5.92 Å². The summed E-state index contributed by atoms with van der Waals surface area (Å²) in [6, 6.07) is 9.40. The van der Waals surface area contributed by atoms with E-state index in [0.717, 1.165) is 35.3 Å². The van der Waals surface area contributed by atoms with Crippen LogP contribution in [0.1, 0.15) is 29.7 Å². The molecule has 0 atom stereocenters. The molecule has 2 amide bonds. The van der Waals surface area contributed by atoms with E-state index in [2.05, 4.69) is 10.3 Å². The van der Waals surface area contributed by atoms with Crippen LogP contribution in [0.25, 0.3) is 10.2 Å². The number of amides is 2. The number of aromatic nitrogens is 2. The van der Waals surface area contributed by atoms with Crippen LogP contribution < -0.4 is 10.9 Å². The number of nitrogens with one attached hydrogen (secondary N) is 1. The molecule has 1 fully saturated rings. The van der Waals surface area contributed by atoms with Crippen LogP contribution in [-0.2, 0) is 29.0 Å². The first-order valence-corrected chi connectivity index (χ1v) is 11.5. The molecule has 2 aliphatic rings. The molecule has 1 aromatic carbocycles. The number of carbonyl (C=O) groups excluding carboxylic acids is 2.